The summed E-state index contributed by atoms with van der Waals surface area (Å²) in [6.07, 6.45) is -3.84. The van der Waals surface area contributed by atoms with Crippen molar-refractivity contribution in [2.24, 2.45) is 0 Å². The van der Waals surface area contributed by atoms with Gasteiger partial charge in [-0.2, -0.15) is 0 Å². The molecule has 7 heteroatoms. The van der Waals surface area contributed by atoms with E-state index in [0.717, 1.165) is 11.0 Å². The molecule has 20 heavy (non-hydrogen) atoms. The number of aliphatic hydroxyl groups excluding tert-OH is 1. The Balaban J connectivity index is 2.71. The summed E-state index contributed by atoms with van der Waals surface area (Å²) in [6.45, 7) is -0.131. The number of aliphatic hydroxyl groups is 1. The lowest BCUT2D eigenvalue weighted by Gasteiger charge is -2.25. The summed E-state index contributed by atoms with van der Waals surface area (Å²) in [4.78, 5) is 12.7. The van der Waals surface area contributed by atoms with Crippen LogP contribution in [0.25, 0.3) is 0 Å². The van der Waals surface area contributed by atoms with E-state index in [1.54, 1.807) is 0 Å². The first-order valence-electron chi connectivity index (χ1n) is 6.04. The fraction of sp³-hybridized carbons (Fsp3) is 0.462. The Morgan fingerprint density at radius 2 is 2.05 bits per heavy atom. The summed E-state index contributed by atoms with van der Waals surface area (Å²) < 4.78 is 43.2. The van der Waals surface area contributed by atoms with Crippen molar-refractivity contribution in [3.63, 3.8) is 0 Å². The van der Waals surface area contributed by atoms with Crippen molar-refractivity contribution in [2.75, 3.05) is 19.7 Å². The molecule has 1 N–H and O–H groups in total. The fourth-order valence-electron chi connectivity index (χ4n) is 1.62. The molecule has 1 aromatic carbocycles. The molecular formula is C13H16F3NO3. The van der Waals surface area contributed by atoms with Crippen LogP contribution >= 0.6 is 0 Å². The fourth-order valence-corrected chi connectivity index (χ4v) is 1.62. The van der Waals surface area contributed by atoms with Gasteiger partial charge in [0.15, 0.2) is 17.7 Å². The predicted octanol–water partition coefficient (Wildman–Crippen LogP) is 1.68. The number of carbonyl (C=O) groups is 1. The molecule has 0 aliphatic carbocycles. The van der Waals surface area contributed by atoms with Gasteiger partial charge in [0.1, 0.15) is 0 Å². The number of amides is 1. The van der Waals surface area contributed by atoms with Crippen molar-refractivity contribution in [3.8, 4) is 5.75 Å². The van der Waals surface area contributed by atoms with E-state index in [0.29, 0.717) is 0 Å². The van der Waals surface area contributed by atoms with Crippen LogP contribution in [0, 0.1) is 5.82 Å². The summed E-state index contributed by atoms with van der Waals surface area (Å²) in [6, 6.07) is 5.49. The number of ether oxygens (including phenoxy) is 1. The first-order valence-corrected chi connectivity index (χ1v) is 6.04. The molecule has 1 rings (SSSR count). The Morgan fingerprint density at radius 3 is 2.60 bits per heavy atom. The molecular weight excluding hydrogens is 275 g/mol. The second kappa shape index (κ2) is 7.74. The topological polar surface area (TPSA) is 49.8 Å². The van der Waals surface area contributed by atoms with Crippen LogP contribution in [0.15, 0.2) is 24.3 Å². The number of nitrogens with zero attached hydrogens (tertiary/aromatic N) is 1. The van der Waals surface area contributed by atoms with E-state index in [1.807, 2.05) is 0 Å². The van der Waals surface area contributed by atoms with Gasteiger partial charge in [0, 0.05) is 6.54 Å². The van der Waals surface area contributed by atoms with E-state index in [1.165, 1.54) is 25.1 Å². The van der Waals surface area contributed by atoms with Crippen LogP contribution in [-0.2, 0) is 4.79 Å². The molecule has 0 saturated heterocycles. The summed E-state index contributed by atoms with van der Waals surface area (Å²) in [5.74, 6) is -1.51. The first-order chi connectivity index (χ1) is 9.45. The highest BCUT2D eigenvalue weighted by molar-refractivity contribution is 5.81. The molecule has 0 radical (unpaired) electrons. The second-order valence-corrected chi connectivity index (χ2v) is 4.09. The number of benzene rings is 1. The Labute approximate surface area is 114 Å². The zero-order valence-corrected chi connectivity index (χ0v) is 10.9. The molecule has 1 unspecified atom stereocenters. The Hall–Kier alpha value is -1.76. The molecule has 0 heterocycles. The van der Waals surface area contributed by atoms with Crippen LogP contribution in [0.5, 0.6) is 5.75 Å². The van der Waals surface area contributed by atoms with Gasteiger partial charge in [-0.1, -0.05) is 12.1 Å². The Kier molecular flexibility index (Phi) is 6.30. The van der Waals surface area contributed by atoms with Gasteiger partial charge in [-0.25, -0.2) is 13.2 Å². The molecule has 0 aromatic heterocycles. The van der Waals surface area contributed by atoms with Crippen molar-refractivity contribution in [3.05, 3.63) is 30.1 Å². The molecule has 0 bridgehead atoms. The van der Waals surface area contributed by atoms with Crippen molar-refractivity contribution >= 4 is 5.91 Å². The van der Waals surface area contributed by atoms with Crippen LogP contribution in [0.1, 0.15) is 6.92 Å². The maximum Gasteiger partial charge on any atom is 0.263 e. The van der Waals surface area contributed by atoms with Crippen LogP contribution in [0.2, 0.25) is 0 Å². The maximum atomic E-state index is 13.4. The lowest BCUT2D eigenvalue weighted by atomic mass is 10.3. The molecule has 1 aromatic rings. The van der Waals surface area contributed by atoms with Gasteiger partial charge in [0.05, 0.1) is 13.2 Å². The van der Waals surface area contributed by atoms with Gasteiger partial charge < -0.3 is 14.7 Å². The molecule has 4 nitrogen and oxygen atoms in total. The largest absolute Gasteiger partial charge is 0.478 e. The van der Waals surface area contributed by atoms with Gasteiger partial charge in [-0.15, -0.1) is 0 Å². The number of hydrogen-bond donors (Lipinski definition) is 1. The molecule has 1 amide bonds. The van der Waals surface area contributed by atoms with Gasteiger partial charge in [0.2, 0.25) is 0 Å². The zero-order chi connectivity index (χ0) is 15.1. The third-order valence-electron chi connectivity index (χ3n) is 2.53. The van der Waals surface area contributed by atoms with Crippen LogP contribution in [-0.4, -0.2) is 48.1 Å². The molecule has 0 saturated carbocycles. The number of carbonyl (C=O) groups excluding carboxylic acids is 1. The highest BCUT2D eigenvalue weighted by Crippen LogP contribution is 2.17. The average molecular weight is 291 g/mol. The number of para-hydroxylation sites is 1. The third kappa shape index (κ3) is 4.73. The van der Waals surface area contributed by atoms with E-state index in [4.69, 9.17) is 9.84 Å². The van der Waals surface area contributed by atoms with E-state index in [-0.39, 0.29) is 12.3 Å². The van der Waals surface area contributed by atoms with Gasteiger partial charge in [-0.05, 0) is 19.1 Å². The van der Waals surface area contributed by atoms with Crippen molar-refractivity contribution in [1.82, 2.24) is 4.90 Å². The average Bonchev–Trinajstić information content (AvgIpc) is 2.39. The number of hydrogen-bond acceptors (Lipinski definition) is 3. The van der Waals surface area contributed by atoms with E-state index in [9.17, 15) is 18.0 Å². The molecule has 112 valence electrons. The molecule has 1 atom stereocenters. The van der Waals surface area contributed by atoms with E-state index >= 15 is 0 Å². The molecule has 0 fully saturated rings. The monoisotopic (exact) mass is 291 g/mol. The highest BCUT2D eigenvalue weighted by atomic mass is 19.3. The Bertz CT molecular complexity index is 443. The predicted molar refractivity (Wildman–Crippen MR) is 66.2 cm³/mol. The number of rotatable bonds is 7. The normalized spacial score (nSPS) is 12.3. The van der Waals surface area contributed by atoms with Crippen LogP contribution in [0.3, 0.4) is 0 Å². The SMILES string of the molecule is CC(Oc1ccccc1F)C(=O)N(CCO)CC(F)F. The molecule has 0 aliphatic heterocycles. The minimum atomic E-state index is -2.72. The highest BCUT2D eigenvalue weighted by Gasteiger charge is 2.24. The number of halogens is 3. The van der Waals surface area contributed by atoms with Crippen LogP contribution in [0.4, 0.5) is 13.2 Å². The molecule has 0 aliphatic rings. The van der Waals surface area contributed by atoms with Gasteiger partial charge in [0.25, 0.3) is 12.3 Å². The first kappa shape index (κ1) is 16.3. The van der Waals surface area contributed by atoms with E-state index in [2.05, 4.69) is 0 Å². The standard InChI is InChI=1S/C13H16F3NO3/c1-9(20-11-5-3-2-4-10(11)14)13(19)17(6-7-18)8-12(15)16/h2-5,9,12,18H,6-8H2,1H3. The smallest absolute Gasteiger partial charge is 0.263 e. The van der Waals surface area contributed by atoms with Gasteiger partial charge in [-0.3, -0.25) is 4.79 Å². The lowest BCUT2D eigenvalue weighted by molar-refractivity contribution is -0.140. The zero-order valence-electron chi connectivity index (χ0n) is 10.9. The lowest BCUT2D eigenvalue weighted by Crippen LogP contribution is -2.44. The summed E-state index contributed by atoms with van der Waals surface area (Å²) in [5.41, 5.74) is 0. The van der Waals surface area contributed by atoms with Crippen molar-refractivity contribution in [2.45, 2.75) is 19.5 Å². The maximum absolute atomic E-state index is 13.4. The third-order valence-corrected chi connectivity index (χ3v) is 2.53. The second-order valence-electron chi connectivity index (χ2n) is 4.09. The minimum absolute atomic E-state index is 0.130. The van der Waals surface area contributed by atoms with Crippen molar-refractivity contribution in [1.29, 1.82) is 0 Å². The summed E-state index contributed by atoms with van der Waals surface area (Å²) in [7, 11) is 0. The number of alkyl halides is 2. The van der Waals surface area contributed by atoms with Crippen LogP contribution < -0.4 is 4.74 Å². The van der Waals surface area contributed by atoms with E-state index < -0.39 is 37.4 Å². The minimum Gasteiger partial charge on any atom is -0.478 e. The summed E-state index contributed by atoms with van der Waals surface area (Å²) in [5, 5.41) is 8.77. The van der Waals surface area contributed by atoms with Gasteiger partial charge >= 0.3 is 0 Å². The Morgan fingerprint density at radius 1 is 1.40 bits per heavy atom. The summed E-state index contributed by atoms with van der Waals surface area (Å²) >= 11 is 0. The quantitative estimate of drug-likeness (QED) is 0.831. The van der Waals surface area contributed by atoms with Crippen molar-refractivity contribution < 1.29 is 27.8 Å². The molecule has 0 spiro atoms.